The number of rotatable bonds is 7. The summed E-state index contributed by atoms with van der Waals surface area (Å²) >= 11 is 1.07. The van der Waals surface area contributed by atoms with Crippen molar-refractivity contribution in [3.63, 3.8) is 0 Å². The molecule has 1 heterocycles. The number of amides is 1. The highest BCUT2D eigenvalue weighted by Gasteiger charge is 2.12. The number of ether oxygens (including phenoxy) is 1. The van der Waals surface area contributed by atoms with Crippen LogP contribution in [-0.4, -0.2) is 44.3 Å². The van der Waals surface area contributed by atoms with Crippen molar-refractivity contribution < 1.29 is 19.4 Å². The number of nitrogens with zero attached hydrogens (tertiary/aromatic N) is 3. The van der Waals surface area contributed by atoms with Gasteiger partial charge in [-0.25, -0.2) is 4.79 Å². The van der Waals surface area contributed by atoms with Crippen LogP contribution in [0.4, 0.5) is 4.79 Å². The maximum absolute atomic E-state index is 10.5. The van der Waals surface area contributed by atoms with Crippen molar-refractivity contribution in [1.82, 2.24) is 14.8 Å². The van der Waals surface area contributed by atoms with E-state index in [2.05, 4.69) is 14.9 Å². The molecule has 100 valence electrons. The molecule has 0 radical (unpaired) electrons. The smallest absolute Gasteiger partial charge is 0.404 e. The molecule has 1 amide bonds. The zero-order valence-electron chi connectivity index (χ0n) is 9.83. The van der Waals surface area contributed by atoms with Crippen LogP contribution < -0.4 is 5.73 Å². The molecule has 0 fully saturated rings. The van der Waals surface area contributed by atoms with Crippen molar-refractivity contribution in [2.24, 2.45) is 5.73 Å². The molecule has 0 saturated carbocycles. The van der Waals surface area contributed by atoms with Crippen LogP contribution in [0.15, 0.2) is 5.16 Å². The number of carboxylic acids is 1. The van der Waals surface area contributed by atoms with Crippen LogP contribution in [0, 0.1) is 0 Å². The lowest BCUT2D eigenvalue weighted by molar-refractivity contribution is -0.133. The van der Waals surface area contributed by atoms with E-state index in [9.17, 15) is 9.59 Å². The van der Waals surface area contributed by atoms with Crippen molar-refractivity contribution >= 4 is 23.8 Å². The van der Waals surface area contributed by atoms with E-state index in [0.717, 1.165) is 11.8 Å². The van der Waals surface area contributed by atoms with Crippen LogP contribution in [0.5, 0.6) is 0 Å². The van der Waals surface area contributed by atoms with Crippen LogP contribution in [0.1, 0.15) is 12.7 Å². The van der Waals surface area contributed by atoms with E-state index in [0.29, 0.717) is 23.9 Å². The van der Waals surface area contributed by atoms with Crippen molar-refractivity contribution in [2.75, 3.05) is 12.4 Å². The summed E-state index contributed by atoms with van der Waals surface area (Å²) < 4.78 is 6.35. The fourth-order valence-corrected chi connectivity index (χ4v) is 1.98. The maximum atomic E-state index is 10.5. The first-order valence-electron chi connectivity index (χ1n) is 5.23. The van der Waals surface area contributed by atoms with Gasteiger partial charge in [-0.1, -0.05) is 18.7 Å². The molecule has 0 aliphatic carbocycles. The summed E-state index contributed by atoms with van der Waals surface area (Å²) in [6.07, 6.45) is -0.196. The van der Waals surface area contributed by atoms with Gasteiger partial charge in [0.05, 0.1) is 12.3 Å². The summed E-state index contributed by atoms with van der Waals surface area (Å²) in [4.78, 5) is 21.0. The van der Waals surface area contributed by atoms with Gasteiger partial charge in [0.25, 0.3) is 0 Å². The number of hydrogen-bond acceptors (Lipinski definition) is 6. The number of primary amides is 1. The standard InChI is InChI=1S/C9H14N4O4S/c1-2-6-11-12-9(18-5-7(14)15)13(6)3-4-17-8(10)16/h2-5H2,1H3,(H2,10,16)(H,14,15). The average molecular weight is 274 g/mol. The lowest BCUT2D eigenvalue weighted by Gasteiger charge is -2.08. The lowest BCUT2D eigenvalue weighted by atomic mass is 10.4. The fourth-order valence-electron chi connectivity index (χ4n) is 1.28. The Kier molecular flexibility index (Phi) is 5.43. The Morgan fingerprint density at radius 1 is 1.50 bits per heavy atom. The summed E-state index contributed by atoms with van der Waals surface area (Å²) in [6.45, 7) is 2.35. The molecule has 0 spiro atoms. The van der Waals surface area contributed by atoms with E-state index >= 15 is 0 Å². The molecule has 0 bridgehead atoms. The first kappa shape index (κ1) is 14.3. The van der Waals surface area contributed by atoms with Gasteiger partial charge in [-0.05, 0) is 0 Å². The molecule has 18 heavy (non-hydrogen) atoms. The summed E-state index contributed by atoms with van der Waals surface area (Å²) in [7, 11) is 0. The van der Waals surface area contributed by atoms with Gasteiger partial charge in [-0.15, -0.1) is 10.2 Å². The highest BCUT2D eigenvalue weighted by Crippen LogP contribution is 2.17. The number of hydrogen-bond donors (Lipinski definition) is 2. The number of aliphatic carboxylic acids is 1. The van der Waals surface area contributed by atoms with Gasteiger partial charge in [-0.2, -0.15) is 0 Å². The SMILES string of the molecule is CCc1nnc(SCC(=O)O)n1CCOC(N)=O. The predicted molar refractivity (Wildman–Crippen MR) is 63.3 cm³/mol. The fraction of sp³-hybridized carbons (Fsp3) is 0.556. The Morgan fingerprint density at radius 3 is 2.78 bits per heavy atom. The van der Waals surface area contributed by atoms with Gasteiger partial charge in [-0.3, -0.25) is 4.79 Å². The van der Waals surface area contributed by atoms with Gasteiger partial charge in [0.15, 0.2) is 5.16 Å². The Labute approximate surface area is 108 Å². The molecule has 0 atom stereocenters. The molecule has 0 aromatic carbocycles. The topological polar surface area (TPSA) is 120 Å². The molecule has 9 heteroatoms. The van der Waals surface area contributed by atoms with Gasteiger partial charge < -0.3 is 20.1 Å². The molecule has 3 N–H and O–H groups in total. The molecular weight excluding hydrogens is 260 g/mol. The number of carbonyl (C=O) groups is 2. The molecule has 0 unspecified atom stereocenters. The second-order valence-electron chi connectivity index (χ2n) is 3.25. The molecule has 8 nitrogen and oxygen atoms in total. The largest absolute Gasteiger partial charge is 0.481 e. The zero-order valence-corrected chi connectivity index (χ0v) is 10.6. The number of carbonyl (C=O) groups excluding carboxylic acids is 1. The number of aryl methyl sites for hydroxylation is 1. The van der Waals surface area contributed by atoms with E-state index in [1.54, 1.807) is 4.57 Å². The van der Waals surface area contributed by atoms with E-state index in [1.165, 1.54) is 0 Å². The van der Waals surface area contributed by atoms with E-state index in [4.69, 9.17) is 10.8 Å². The predicted octanol–water partition coefficient (Wildman–Crippen LogP) is 0.113. The summed E-state index contributed by atoms with van der Waals surface area (Å²) in [5.74, 6) is -0.324. The third kappa shape index (κ3) is 4.24. The molecule has 1 aromatic rings. The second kappa shape index (κ2) is 6.84. The number of carboxylic acid groups (broad SMARTS) is 1. The Morgan fingerprint density at radius 2 is 2.22 bits per heavy atom. The van der Waals surface area contributed by atoms with Crippen molar-refractivity contribution in [3.05, 3.63) is 5.82 Å². The second-order valence-corrected chi connectivity index (χ2v) is 4.20. The lowest BCUT2D eigenvalue weighted by Crippen LogP contribution is -2.18. The molecule has 1 rings (SSSR count). The van der Waals surface area contributed by atoms with Crippen LogP contribution in [0.25, 0.3) is 0 Å². The minimum Gasteiger partial charge on any atom is -0.481 e. The third-order valence-electron chi connectivity index (χ3n) is 1.99. The van der Waals surface area contributed by atoms with E-state index in [1.807, 2.05) is 6.92 Å². The Hall–Kier alpha value is -1.77. The number of thioether (sulfide) groups is 1. The molecule has 1 aromatic heterocycles. The normalized spacial score (nSPS) is 10.3. The quantitative estimate of drug-likeness (QED) is 0.677. The monoisotopic (exact) mass is 274 g/mol. The summed E-state index contributed by atoms with van der Waals surface area (Å²) in [6, 6.07) is 0. The summed E-state index contributed by atoms with van der Waals surface area (Å²) in [5.41, 5.74) is 4.85. The van der Waals surface area contributed by atoms with Crippen LogP contribution >= 0.6 is 11.8 Å². The minimum absolute atomic E-state index is 0.0982. The van der Waals surface area contributed by atoms with Crippen LogP contribution in [0.2, 0.25) is 0 Å². The summed E-state index contributed by atoms with van der Waals surface area (Å²) in [5, 5.41) is 16.9. The highest BCUT2D eigenvalue weighted by atomic mass is 32.2. The van der Waals surface area contributed by atoms with Crippen molar-refractivity contribution in [2.45, 2.75) is 25.0 Å². The van der Waals surface area contributed by atoms with Gasteiger partial charge >= 0.3 is 12.1 Å². The van der Waals surface area contributed by atoms with Crippen molar-refractivity contribution in [3.8, 4) is 0 Å². The van der Waals surface area contributed by atoms with Crippen LogP contribution in [-0.2, 0) is 22.5 Å². The third-order valence-corrected chi connectivity index (χ3v) is 2.95. The first-order chi connectivity index (χ1) is 8.54. The first-order valence-corrected chi connectivity index (χ1v) is 6.22. The van der Waals surface area contributed by atoms with Crippen molar-refractivity contribution in [1.29, 1.82) is 0 Å². The van der Waals surface area contributed by atoms with Gasteiger partial charge in [0, 0.05) is 6.42 Å². The maximum Gasteiger partial charge on any atom is 0.404 e. The van der Waals surface area contributed by atoms with Gasteiger partial charge in [0.2, 0.25) is 0 Å². The minimum atomic E-state index is -0.930. The molecule has 0 aliphatic rings. The highest BCUT2D eigenvalue weighted by molar-refractivity contribution is 7.99. The Balaban J connectivity index is 2.68. The number of nitrogens with two attached hydrogens (primary N) is 1. The van der Waals surface area contributed by atoms with Crippen LogP contribution in [0.3, 0.4) is 0 Å². The average Bonchev–Trinajstić information content (AvgIpc) is 2.68. The molecule has 0 saturated heterocycles. The molecular formula is C9H14N4O4S. The molecule has 0 aliphatic heterocycles. The van der Waals surface area contributed by atoms with E-state index in [-0.39, 0.29) is 12.4 Å². The van der Waals surface area contributed by atoms with E-state index < -0.39 is 12.1 Å². The zero-order chi connectivity index (χ0) is 13.5. The van der Waals surface area contributed by atoms with Gasteiger partial charge in [0.1, 0.15) is 12.4 Å². The Bertz CT molecular complexity index is 434. The number of aromatic nitrogens is 3.